The molecule has 2 rings (SSSR count). The molecule has 0 aliphatic carbocycles. The smallest absolute Gasteiger partial charge is 0.399 e. The summed E-state index contributed by atoms with van der Waals surface area (Å²) in [6.45, 7) is 7.49. The highest BCUT2D eigenvalue weighted by atomic mass is 19.4. The van der Waals surface area contributed by atoms with E-state index in [-0.39, 0.29) is 6.61 Å². The third kappa shape index (κ3) is 5.03. The van der Waals surface area contributed by atoms with Gasteiger partial charge < -0.3 is 16.2 Å². The van der Waals surface area contributed by atoms with E-state index in [1.165, 1.54) is 12.1 Å². The minimum absolute atomic E-state index is 0.245. The molecule has 0 heterocycles. The Kier molecular flexibility index (Phi) is 6.85. The first kappa shape index (κ1) is 19.6. The Morgan fingerprint density at radius 1 is 1.12 bits per heavy atom. The number of nitrogens with two attached hydrogens (primary N) is 1. The van der Waals surface area contributed by atoms with Crippen LogP contribution in [0.2, 0.25) is 0 Å². The molecule has 0 radical (unpaired) electrons. The summed E-state index contributed by atoms with van der Waals surface area (Å²) in [5.41, 5.74) is 7.66. The van der Waals surface area contributed by atoms with Gasteiger partial charge in [0.1, 0.15) is 0 Å². The first-order chi connectivity index (χ1) is 11.3. The Hall–Kier alpha value is -2.47. The second-order valence-corrected chi connectivity index (χ2v) is 4.77. The van der Waals surface area contributed by atoms with Crippen LogP contribution in [0.15, 0.2) is 49.0 Å². The van der Waals surface area contributed by atoms with Crippen molar-refractivity contribution in [3.05, 3.63) is 60.2 Å². The van der Waals surface area contributed by atoms with Crippen molar-refractivity contribution < 1.29 is 18.3 Å². The lowest BCUT2D eigenvalue weighted by atomic mass is 10.0. The van der Waals surface area contributed by atoms with Gasteiger partial charge in [0.25, 0.3) is 0 Å². The molecule has 0 saturated carbocycles. The van der Waals surface area contributed by atoms with E-state index in [9.17, 15) is 18.3 Å². The summed E-state index contributed by atoms with van der Waals surface area (Å²) in [4.78, 5) is 0. The molecule has 3 nitrogen and oxygen atoms in total. The van der Waals surface area contributed by atoms with E-state index < -0.39 is 11.7 Å². The Morgan fingerprint density at radius 3 is 2.21 bits per heavy atom. The van der Waals surface area contributed by atoms with E-state index in [1.54, 1.807) is 18.2 Å². The molecule has 0 saturated heterocycles. The molecule has 0 bridgehead atoms. The lowest BCUT2D eigenvalue weighted by molar-refractivity contribution is -0.137. The second kappa shape index (κ2) is 8.40. The van der Waals surface area contributed by atoms with Gasteiger partial charge in [-0.3, -0.25) is 0 Å². The summed E-state index contributed by atoms with van der Waals surface area (Å²) in [6, 6.07) is 9.66. The normalized spacial score (nSPS) is 10.6. The average Bonchev–Trinajstić information content (AvgIpc) is 2.57. The fourth-order valence-electron chi connectivity index (χ4n) is 1.95. The van der Waals surface area contributed by atoms with Gasteiger partial charge in [0.2, 0.25) is 0 Å². The van der Waals surface area contributed by atoms with Gasteiger partial charge in [0.05, 0.1) is 12.2 Å². The van der Waals surface area contributed by atoms with Crippen LogP contribution in [0, 0.1) is 0 Å². The van der Waals surface area contributed by atoms with Crippen LogP contribution in [0.4, 0.5) is 30.2 Å². The van der Waals surface area contributed by atoms with Gasteiger partial charge in [0, 0.05) is 22.6 Å². The lowest BCUT2D eigenvalue weighted by Gasteiger charge is -2.14. The van der Waals surface area contributed by atoms with Gasteiger partial charge in [0.15, 0.2) is 0 Å². The molecule has 0 spiro atoms. The quantitative estimate of drug-likeness (QED) is 0.683. The topological polar surface area (TPSA) is 58.3 Å². The molecule has 6 heteroatoms. The predicted octanol–water partition coefficient (Wildman–Crippen LogP) is 5.06. The zero-order chi connectivity index (χ0) is 18.3. The van der Waals surface area contributed by atoms with Crippen molar-refractivity contribution >= 4 is 22.6 Å². The standard InChI is InChI=1S/C16H15F3N2O.C2H6/c1-10(9-22)14-8-12(20)4-7-15(14)21-13-5-2-11(3-6-13)16(17,18)19;1-2/h2-8,21-22H,1,9,20H2;1-2H3. The summed E-state index contributed by atoms with van der Waals surface area (Å²) < 4.78 is 37.6. The molecule has 24 heavy (non-hydrogen) atoms. The number of benzene rings is 2. The SMILES string of the molecule is C=C(CO)c1cc(N)ccc1Nc1ccc(C(F)(F)F)cc1.CC. The number of hydrogen-bond acceptors (Lipinski definition) is 3. The highest BCUT2D eigenvalue weighted by molar-refractivity contribution is 5.80. The summed E-state index contributed by atoms with van der Waals surface area (Å²) >= 11 is 0. The average molecular weight is 338 g/mol. The number of nitrogens with one attached hydrogen (secondary N) is 1. The van der Waals surface area contributed by atoms with Crippen molar-refractivity contribution in [2.75, 3.05) is 17.7 Å². The van der Waals surface area contributed by atoms with Crippen LogP contribution in [0.1, 0.15) is 25.0 Å². The number of aliphatic hydroxyl groups excluding tert-OH is 1. The molecule has 0 aliphatic rings. The maximum absolute atomic E-state index is 12.5. The molecule has 130 valence electrons. The molecule has 4 N–H and O–H groups in total. The molecule has 2 aromatic rings. The van der Waals surface area contributed by atoms with E-state index in [1.807, 2.05) is 13.8 Å². The molecule has 0 aromatic heterocycles. The minimum Gasteiger partial charge on any atom is -0.399 e. The predicted molar refractivity (Wildman–Crippen MR) is 93.0 cm³/mol. The van der Waals surface area contributed by atoms with Crippen molar-refractivity contribution in [2.45, 2.75) is 20.0 Å². The molecular formula is C18H21F3N2O. The van der Waals surface area contributed by atoms with Crippen molar-refractivity contribution in [3.63, 3.8) is 0 Å². The fourth-order valence-corrected chi connectivity index (χ4v) is 1.95. The largest absolute Gasteiger partial charge is 0.416 e. The van der Waals surface area contributed by atoms with Gasteiger partial charge >= 0.3 is 6.18 Å². The van der Waals surface area contributed by atoms with Crippen molar-refractivity contribution in [3.8, 4) is 0 Å². The highest BCUT2D eigenvalue weighted by Gasteiger charge is 2.29. The minimum atomic E-state index is -4.37. The summed E-state index contributed by atoms with van der Waals surface area (Å²) in [5.74, 6) is 0. The van der Waals surface area contributed by atoms with Gasteiger partial charge in [-0.2, -0.15) is 13.2 Å². The molecule has 2 aromatic carbocycles. The summed E-state index contributed by atoms with van der Waals surface area (Å²) in [5, 5.41) is 12.2. The Morgan fingerprint density at radius 2 is 1.71 bits per heavy atom. The second-order valence-electron chi connectivity index (χ2n) is 4.77. The number of nitrogen functional groups attached to an aromatic ring is 1. The monoisotopic (exact) mass is 338 g/mol. The highest BCUT2D eigenvalue weighted by Crippen LogP contribution is 2.32. The number of rotatable bonds is 4. The Labute approximate surface area is 139 Å². The molecule has 0 aliphatic heterocycles. The van der Waals surface area contributed by atoms with Gasteiger partial charge in [-0.1, -0.05) is 20.4 Å². The molecule has 0 atom stereocenters. The first-order valence-electron chi connectivity index (χ1n) is 7.44. The van der Waals surface area contributed by atoms with Crippen LogP contribution in [-0.4, -0.2) is 11.7 Å². The van der Waals surface area contributed by atoms with Crippen molar-refractivity contribution in [2.24, 2.45) is 0 Å². The third-order valence-electron chi connectivity index (χ3n) is 3.11. The van der Waals surface area contributed by atoms with E-state index in [0.717, 1.165) is 12.1 Å². The third-order valence-corrected chi connectivity index (χ3v) is 3.11. The summed E-state index contributed by atoms with van der Waals surface area (Å²) in [6.07, 6.45) is -4.37. The van der Waals surface area contributed by atoms with Crippen molar-refractivity contribution in [1.29, 1.82) is 0 Å². The van der Waals surface area contributed by atoms with E-state index in [2.05, 4.69) is 11.9 Å². The van der Waals surface area contributed by atoms with Gasteiger partial charge in [-0.25, -0.2) is 0 Å². The van der Waals surface area contributed by atoms with Crippen LogP contribution < -0.4 is 11.1 Å². The van der Waals surface area contributed by atoms with Crippen LogP contribution >= 0.6 is 0 Å². The van der Waals surface area contributed by atoms with Gasteiger partial charge in [-0.15, -0.1) is 0 Å². The zero-order valence-corrected chi connectivity index (χ0v) is 13.6. The van der Waals surface area contributed by atoms with Gasteiger partial charge in [-0.05, 0) is 48.0 Å². The maximum Gasteiger partial charge on any atom is 0.416 e. The van der Waals surface area contributed by atoms with E-state index in [0.29, 0.717) is 28.2 Å². The van der Waals surface area contributed by atoms with Crippen LogP contribution in [0.3, 0.4) is 0 Å². The maximum atomic E-state index is 12.5. The number of hydrogen-bond donors (Lipinski definition) is 3. The van der Waals surface area contributed by atoms with Crippen LogP contribution in [0.5, 0.6) is 0 Å². The Bertz CT molecular complexity index is 680. The first-order valence-corrected chi connectivity index (χ1v) is 7.44. The number of halogens is 3. The van der Waals surface area contributed by atoms with E-state index in [4.69, 9.17) is 5.73 Å². The zero-order valence-electron chi connectivity index (χ0n) is 13.6. The van der Waals surface area contributed by atoms with Crippen LogP contribution in [0.25, 0.3) is 5.57 Å². The molecule has 0 amide bonds. The molecular weight excluding hydrogens is 317 g/mol. The fraction of sp³-hybridized carbons (Fsp3) is 0.222. The van der Waals surface area contributed by atoms with Crippen LogP contribution in [-0.2, 0) is 6.18 Å². The summed E-state index contributed by atoms with van der Waals surface area (Å²) in [7, 11) is 0. The van der Waals surface area contributed by atoms with Crippen molar-refractivity contribution in [1.82, 2.24) is 0 Å². The molecule has 0 fully saturated rings. The number of anilines is 3. The Balaban J connectivity index is 0.00000139. The lowest BCUT2D eigenvalue weighted by Crippen LogP contribution is -2.04. The molecule has 0 unspecified atom stereocenters. The van der Waals surface area contributed by atoms with E-state index >= 15 is 0 Å². The number of alkyl halides is 3. The number of aliphatic hydroxyl groups is 1.